The molecule has 1 fully saturated rings. The van der Waals surface area contributed by atoms with Gasteiger partial charge in [0.1, 0.15) is 16.4 Å². The molecule has 0 bridgehead atoms. The largest absolute Gasteiger partial charge is 0.497 e. The molecule has 152 valence electrons. The molecule has 0 saturated carbocycles. The highest BCUT2D eigenvalue weighted by molar-refractivity contribution is 7.93. The van der Waals surface area contributed by atoms with Crippen LogP contribution < -0.4 is 18.5 Å². The summed E-state index contributed by atoms with van der Waals surface area (Å²) in [4.78, 5) is -0.0823. The number of anilines is 2. The summed E-state index contributed by atoms with van der Waals surface area (Å²) in [5.74, 6) is 0.592. The van der Waals surface area contributed by atoms with E-state index in [-0.39, 0.29) is 32.8 Å². The summed E-state index contributed by atoms with van der Waals surface area (Å²) in [7, 11) is -4.65. The normalized spacial score (nSPS) is 16.0. The highest BCUT2D eigenvalue weighted by Crippen LogP contribution is 2.35. The Morgan fingerprint density at radius 3 is 2.46 bits per heavy atom. The number of halogens is 1. The first-order chi connectivity index (χ1) is 13.2. The molecule has 0 unspecified atom stereocenters. The smallest absolute Gasteiger partial charge is 0.265 e. The quantitative estimate of drug-likeness (QED) is 0.731. The lowest BCUT2D eigenvalue weighted by Gasteiger charge is -2.20. The summed E-state index contributed by atoms with van der Waals surface area (Å²) in [6.07, 6.45) is 0.484. The molecule has 0 aliphatic carbocycles. The summed E-state index contributed by atoms with van der Waals surface area (Å²) in [6, 6.07) is 8.64. The molecule has 3 rings (SSSR count). The highest BCUT2D eigenvalue weighted by Gasteiger charge is 2.30. The second kappa shape index (κ2) is 7.69. The van der Waals surface area contributed by atoms with E-state index in [0.717, 1.165) is 0 Å². The Bertz CT molecular complexity index is 1100. The summed E-state index contributed by atoms with van der Waals surface area (Å²) in [5, 5.41) is 0.218. The molecule has 1 aliphatic heterocycles. The Morgan fingerprint density at radius 2 is 1.86 bits per heavy atom. The van der Waals surface area contributed by atoms with E-state index in [1.165, 1.54) is 54.9 Å². The van der Waals surface area contributed by atoms with Gasteiger partial charge in [-0.05, 0) is 36.8 Å². The van der Waals surface area contributed by atoms with Crippen molar-refractivity contribution >= 4 is 43.0 Å². The minimum absolute atomic E-state index is 0.0301. The predicted octanol–water partition coefficient (Wildman–Crippen LogP) is 2.70. The third-order valence-electron chi connectivity index (χ3n) is 4.23. The zero-order valence-corrected chi connectivity index (χ0v) is 17.6. The molecule has 1 saturated heterocycles. The van der Waals surface area contributed by atoms with Gasteiger partial charge in [0.05, 0.1) is 36.4 Å². The Balaban J connectivity index is 1.97. The minimum atomic E-state index is -4.00. The summed E-state index contributed by atoms with van der Waals surface area (Å²) < 4.78 is 63.9. The van der Waals surface area contributed by atoms with Gasteiger partial charge in [-0.2, -0.15) is 0 Å². The van der Waals surface area contributed by atoms with Crippen LogP contribution >= 0.6 is 11.6 Å². The van der Waals surface area contributed by atoms with Crippen LogP contribution in [0.3, 0.4) is 0 Å². The van der Waals surface area contributed by atoms with Crippen LogP contribution in [0.1, 0.15) is 6.42 Å². The van der Waals surface area contributed by atoms with Crippen molar-refractivity contribution in [2.24, 2.45) is 0 Å². The second-order valence-electron chi connectivity index (χ2n) is 6.03. The van der Waals surface area contributed by atoms with Gasteiger partial charge in [0.2, 0.25) is 10.0 Å². The number of hydrogen-bond donors (Lipinski definition) is 1. The average Bonchev–Trinajstić information content (AvgIpc) is 3.01. The van der Waals surface area contributed by atoms with Gasteiger partial charge in [-0.25, -0.2) is 16.8 Å². The summed E-state index contributed by atoms with van der Waals surface area (Å²) >= 11 is 6.16. The van der Waals surface area contributed by atoms with Crippen molar-refractivity contribution in [3.05, 3.63) is 41.4 Å². The van der Waals surface area contributed by atoms with E-state index in [4.69, 9.17) is 21.1 Å². The second-order valence-corrected chi connectivity index (χ2v) is 10.1. The molecule has 0 spiro atoms. The van der Waals surface area contributed by atoms with Gasteiger partial charge in [0.25, 0.3) is 10.0 Å². The number of sulfonamides is 2. The van der Waals surface area contributed by atoms with Crippen LogP contribution in [-0.4, -0.2) is 43.4 Å². The minimum Gasteiger partial charge on any atom is -0.497 e. The maximum atomic E-state index is 12.8. The van der Waals surface area contributed by atoms with Gasteiger partial charge in [0, 0.05) is 12.6 Å². The molecule has 1 aliphatic rings. The first kappa shape index (κ1) is 20.6. The molecule has 1 N–H and O–H groups in total. The maximum absolute atomic E-state index is 12.8. The Labute approximate surface area is 169 Å². The van der Waals surface area contributed by atoms with Crippen LogP contribution in [0.25, 0.3) is 0 Å². The first-order valence-electron chi connectivity index (χ1n) is 8.23. The van der Waals surface area contributed by atoms with Crippen LogP contribution in [-0.2, 0) is 20.0 Å². The van der Waals surface area contributed by atoms with Crippen molar-refractivity contribution in [2.45, 2.75) is 11.3 Å². The van der Waals surface area contributed by atoms with Crippen LogP contribution in [0.15, 0.2) is 41.3 Å². The van der Waals surface area contributed by atoms with Crippen molar-refractivity contribution in [1.29, 1.82) is 0 Å². The van der Waals surface area contributed by atoms with Crippen molar-refractivity contribution in [1.82, 2.24) is 0 Å². The van der Waals surface area contributed by atoms with Crippen LogP contribution in [0.4, 0.5) is 11.4 Å². The maximum Gasteiger partial charge on any atom is 0.265 e. The predicted molar refractivity (Wildman–Crippen MR) is 108 cm³/mol. The SMILES string of the molecule is COc1ccc(S(=O)(=O)Nc2ccc(Cl)c(N3CCCS3(=O)=O)c2)c(OC)c1. The van der Waals surface area contributed by atoms with Gasteiger partial charge in [0.15, 0.2) is 0 Å². The molecular weight excluding hydrogens is 428 g/mol. The van der Waals surface area contributed by atoms with E-state index in [1.807, 2.05) is 0 Å². The van der Waals surface area contributed by atoms with Crippen LogP contribution in [0, 0.1) is 0 Å². The fourth-order valence-electron chi connectivity index (χ4n) is 2.88. The Morgan fingerprint density at radius 1 is 1.11 bits per heavy atom. The average molecular weight is 447 g/mol. The highest BCUT2D eigenvalue weighted by atomic mass is 35.5. The molecular formula is C17H19ClN2O6S2. The van der Waals surface area contributed by atoms with E-state index < -0.39 is 20.0 Å². The zero-order chi connectivity index (χ0) is 20.5. The van der Waals surface area contributed by atoms with E-state index in [1.54, 1.807) is 0 Å². The van der Waals surface area contributed by atoms with Crippen molar-refractivity contribution in [2.75, 3.05) is 35.5 Å². The van der Waals surface area contributed by atoms with Gasteiger partial charge < -0.3 is 9.47 Å². The molecule has 8 nitrogen and oxygen atoms in total. The topological polar surface area (TPSA) is 102 Å². The Hall–Kier alpha value is -2.17. The van der Waals surface area contributed by atoms with Crippen molar-refractivity contribution in [3.63, 3.8) is 0 Å². The monoisotopic (exact) mass is 446 g/mol. The number of nitrogens with one attached hydrogen (secondary N) is 1. The van der Waals surface area contributed by atoms with Gasteiger partial charge >= 0.3 is 0 Å². The molecule has 28 heavy (non-hydrogen) atoms. The number of benzene rings is 2. The molecule has 0 amide bonds. The van der Waals surface area contributed by atoms with E-state index in [9.17, 15) is 16.8 Å². The third kappa shape index (κ3) is 3.98. The molecule has 11 heteroatoms. The zero-order valence-electron chi connectivity index (χ0n) is 15.2. The van der Waals surface area contributed by atoms with E-state index in [2.05, 4.69) is 4.72 Å². The van der Waals surface area contributed by atoms with Crippen LogP contribution in [0.5, 0.6) is 11.5 Å². The fourth-order valence-corrected chi connectivity index (χ4v) is 5.93. The van der Waals surface area contributed by atoms with Gasteiger partial charge in [-0.3, -0.25) is 9.03 Å². The lowest BCUT2D eigenvalue weighted by Crippen LogP contribution is -2.25. The van der Waals surface area contributed by atoms with Crippen LogP contribution in [0.2, 0.25) is 5.02 Å². The fraction of sp³-hybridized carbons (Fsp3) is 0.294. The number of rotatable bonds is 6. The van der Waals surface area contributed by atoms with Crippen molar-refractivity contribution in [3.8, 4) is 11.5 Å². The third-order valence-corrected chi connectivity index (χ3v) is 7.82. The van der Waals surface area contributed by atoms with E-state index in [0.29, 0.717) is 18.7 Å². The number of hydrogen-bond acceptors (Lipinski definition) is 6. The number of nitrogens with zero attached hydrogens (tertiary/aromatic N) is 1. The molecule has 0 atom stereocenters. The molecule has 2 aromatic carbocycles. The van der Waals surface area contributed by atoms with E-state index >= 15 is 0 Å². The summed E-state index contributed by atoms with van der Waals surface area (Å²) in [5.41, 5.74) is 0.417. The molecule has 0 radical (unpaired) electrons. The lowest BCUT2D eigenvalue weighted by molar-refractivity contribution is 0.386. The number of ether oxygens (including phenoxy) is 2. The standard InChI is InChI=1S/C17H19ClN2O6S2/c1-25-13-5-7-17(16(11-13)26-2)28(23,24)19-12-4-6-14(18)15(10-12)20-8-3-9-27(20,21)22/h4-7,10-11,19H,3,8-9H2,1-2H3. The number of methoxy groups -OCH3 is 2. The van der Waals surface area contributed by atoms with Gasteiger partial charge in [-0.15, -0.1) is 0 Å². The Kier molecular flexibility index (Phi) is 5.64. The molecule has 0 aromatic heterocycles. The van der Waals surface area contributed by atoms with Gasteiger partial charge in [-0.1, -0.05) is 11.6 Å². The molecule has 1 heterocycles. The lowest BCUT2D eigenvalue weighted by atomic mass is 10.3. The summed E-state index contributed by atoms with van der Waals surface area (Å²) in [6.45, 7) is 0.296. The first-order valence-corrected chi connectivity index (χ1v) is 11.7. The molecule has 2 aromatic rings. The van der Waals surface area contributed by atoms with Crippen molar-refractivity contribution < 1.29 is 26.3 Å².